The van der Waals surface area contributed by atoms with Crippen molar-refractivity contribution in [2.75, 3.05) is 0 Å². The Hall–Kier alpha value is -2.88. The molecule has 0 N–H and O–H groups in total. The highest BCUT2D eigenvalue weighted by Gasteiger charge is 2.16. The molecule has 0 aliphatic rings. The normalized spacial score (nSPS) is 10.5. The van der Waals surface area contributed by atoms with E-state index in [-0.39, 0.29) is 5.69 Å². The molecule has 0 atom stereocenters. The molecule has 3 aromatic rings. The van der Waals surface area contributed by atoms with Gasteiger partial charge in [0.2, 0.25) is 0 Å². The van der Waals surface area contributed by atoms with Gasteiger partial charge in [0.25, 0.3) is 0 Å². The Labute approximate surface area is 128 Å². The van der Waals surface area contributed by atoms with Crippen LogP contribution in [0, 0.1) is 13.8 Å². The molecule has 0 spiro atoms. The Balaban J connectivity index is 1.83. The molecular formula is C18H15NO3. The van der Waals surface area contributed by atoms with E-state index in [0.717, 1.165) is 16.7 Å². The number of hydrogen-bond acceptors (Lipinski definition) is 4. The summed E-state index contributed by atoms with van der Waals surface area (Å²) in [6.07, 6.45) is 0. The summed E-state index contributed by atoms with van der Waals surface area (Å²) in [5.74, 6) is 0.487. The highest BCUT2D eigenvalue weighted by Crippen LogP contribution is 2.23. The van der Waals surface area contributed by atoms with Gasteiger partial charge in [-0.2, -0.15) is 0 Å². The van der Waals surface area contributed by atoms with Crippen LogP contribution in [0.25, 0.3) is 11.3 Å². The Morgan fingerprint density at radius 3 is 2.36 bits per heavy atom. The third-order valence-electron chi connectivity index (χ3n) is 3.18. The first-order valence-corrected chi connectivity index (χ1v) is 6.94. The van der Waals surface area contributed by atoms with E-state index in [9.17, 15) is 4.79 Å². The molecule has 1 aromatic heterocycles. The fraction of sp³-hybridized carbons (Fsp3) is 0.111. The average molecular weight is 293 g/mol. The molecule has 0 fully saturated rings. The van der Waals surface area contributed by atoms with Crippen LogP contribution in [0.5, 0.6) is 5.75 Å². The summed E-state index contributed by atoms with van der Waals surface area (Å²) in [7, 11) is 0. The summed E-state index contributed by atoms with van der Waals surface area (Å²) >= 11 is 0. The maximum atomic E-state index is 12.0. The zero-order valence-electron chi connectivity index (χ0n) is 12.4. The molecule has 1 heterocycles. The van der Waals surface area contributed by atoms with Crippen LogP contribution in [-0.2, 0) is 0 Å². The molecule has 0 amide bonds. The molecule has 4 nitrogen and oxygen atoms in total. The van der Waals surface area contributed by atoms with Crippen molar-refractivity contribution in [1.82, 2.24) is 5.16 Å². The zero-order chi connectivity index (χ0) is 15.5. The molecule has 0 aliphatic carbocycles. The molecule has 0 bridgehead atoms. The minimum Gasteiger partial charge on any atom is -0.422 e. The summed E-state index contributed by atoms with van der Waals surface area (Å²) < 4.78 is 10.5. The van der Waals surface area contributed by atoms with Crippen LogP contribution in [0.15, 0.2) is 59.1 Å². The predicted molar refractivity (Wildman–Crippen MR) is 82.8 cm³/mol. The molecule has 110 valence electrons. The second kappa shape index (κ2) is 5.85. The topological polar surface area (TPSA) is 52.3 Å². The van der Waals surface area contributed by atoms with E-state index < -0.39 is 5.97 Å². The lowest BCUT2D eigenvalue weighted by Crippen LogP contribution is -2.08. The van der Waals surface area contributed by atoms with Gasteiger partial charge in [-0.1, -0.05) is 40.5 Å². The third kappa shape index (κ3) is 3.06. The van der Waals surface area contributed by atoms with Crippen molar-refractivity contribution in [3.05, 3.63) is 71.4 Å². The number of aryl methyl sites for hydroxylation is 2. The van der Waals surface area contributed by atoms with Crippen LogP contribution < -0.4 is 4.74 Å². The predicted octanol–water partition coefficient (Wildman–Crippen LogP) is 4.18. The van der Waals surface area contributed by atoms with Gasteiger partial charge in [-0.15, -0.1) is 0 Å². The molecular weight excluding hydrogens is 278 g/mol. The van der Waals surface area contributed by atoms with E-state index in [0.29, 0.717) is 11.5 Å². The van der Waals surface area contributed by atoms with Gasteiger partial charge >= 0.3 is 5.97 Å². The number of carbonyl (C=O) groups excluding carboxylic acids is 1. The summed E-state index contributed by atoms with van der Waals surface area (Å²) in [4.78, 5) is 12.0. The lowest BCUT2D eigenvalue weighted by molar-refractivity contribution is 0.0724. The van der Waals surface area contributed by atoms with E-state index in [1.807, 2.05) is 32.0 Å². The second-order valence-corrected chi connectivity index (χ2v) is 5.16. The maximum absolute atomic E-state index is 12.0. The standard InChI is InChI=1S/C18H15NO3/c1-12-8-13(2)10-14(9-12)17-11-16(19-22-17)18(20)21-15-6-4-3-5-7-15/h3-11H,1-2H3. The van der Waals surface area contributed by atoms with Gasteiger partial charge in [0.15, 0.2) is 11.5 Å². The fourth-order valence-electron chi connectivity index (χ4n) is 2.27. The quantitative estimate of drug-likeness (QED) is 0.537. The SMILES string of the molecule is Cc1cc(C)cc(-c2cc(C(=O)Oc3ccccc3)no2)c1. The van der Waals surface area contributed by atoms with Crippen molar-refractivity contribution >= 4 is 5.97 Å². The summed E-state index contributed by atoms with van der Waals surface area (Å²) in [6.45, 7) is 4.02. The van der Waals surface area contributed by atoms with Crippen LogP contribution in [0.4, 0.5) is 0 Å². The van der Waals surface area contributed by atoms with E-state index in [1.165, 1.54) is 0 Å². The number of aromatic nitrogens is 1. The van der Waals surface area contributed by atoms with Gasteiger partial charge in [-0.25, -0.2) is 4.79 Å². The minimum atomic E-state index is -0.537. The first kappa shape index (κ1) is 14.1. The zero-order valence-corrected chi connectivity index (χ0v) is 12.4. The lowest BCUT2D eigenvalue weighted by atomic mass is 10.1. The van der Waals surface area contributed by atoms with Gasteiger partial charge in [-0.3, -0.25) is 0 Å². The van der Waals surface area contributed by atoms with Gasteiger partial charge < -0.3 is 9.26 Å². The third-order valence-corrected chi connectivity index (χ3v) is 3.18. The average Bonchev–Trinajstić information content (AvgIpc) is 2.97. The van der Waals surface area contributed by atoms with Gasteiger partial charge in [0.1, 0.15) is 5.75 Å². The van der Waals surface area contributed by atoms with E-state index >= 15 is 0 Å². The lowest BCUT2D eigenvalue weighted by Gasteiger charge is -2.00. The Morgan fingerprint density at radius 1 is 1.00 bits per heavy atom. The number of nitrogens with zero attached hydrogens (tertiary/aromatic N) is 1. The maximum Gasteiger partial charge on any atom is 0.365 e. The molecule has 0 saturated carbocycles. The highest BCUT2D eigenvalue weighted by molar-refractivity contribution is 5.90. The largest absolute Gasteiger partial charge is 0.422 e. The van der Waals surface area contributed by atoms with Crippen LogP contribution in [0.2, 0.25) is 0 Å². The van der Waals surface area contributed by atoms with Gasteiger partial charge in [0.05, 0.1) is 0 Å². The van der Waals surface area contributed by atoms with Gasteiger partial charge in [0, 0.05) is 11.6 Å². The Morgan fingerprint density at radius 2 is 1.68 bits per heavy atom. The van der Waals surface area contributed by atoms with Crippen molar-refractivity contribution in [3.63, 3.8) is 0 Å². The molecule has 0 aliphatic heterocycles. The summed E-state index contributed by atoms with van der Waals surface area (Å²) in [5, 5.41) is 3.80. The smallest absolute Gasteiger partial charge is 0.365 e. The molecule has 0 radical (unpaired) electrons. The number of para-hydroxylation sites is 1. The van der Waals surface area contributed by atoms with Crippen molar-refractivity contribution in [2.24, 2.45) is 0 Å². The molecule has 0 saturated heterocycles. The van der Waals surface area contributed by atoms with Crippen molar-refractivity contribution in [2.45, 2.75) is 13.8 Å². The first-order chi connectivity index (χ1) is 10.6. The first-order valence-electron chi connectivity index (χ1n) is 6.94. The number of ether oxygens (including phenoxy) is 1. The minimum absolute atomic E-state index is 0.151. The highest BCUT2D eigenvalue weighted by atomic mass is 16.5. The molecule has 22 heavy (non-hydrogen) atoms. The van der Waals surface area contributed by atoms with E-state index in [2.05, 4.69) is 11.2 Å². The second-order valence-electron chi connectivity index (χ2n) is 5.16. The number of hydrogen-bond donors (Lipinski definition) is 0. The van der Waals surface area contributed by atoms with Crippen LogP contribution >= 0.6 is 0 Å². The van der Waals surface area contributed by atoms with Crippen molar-refractivity contribution < 1.29 is 14.1 Å². The number of carbonyl (C=O) groups is 1. The van der Waals surface area contributed by atoms with E-state index in [4.69, 9.17) is 9.26 Å². The summed E-state index contributed by atoms with van der Waals surface area (Å²) in [6, 6.07) is 16.5. The van der Waals surface area contributed by atoms with Crippen molar-refractivity contribution in [3.8, 4) is 17.1 Å². The van der Waals surface area contributed by atoms with Crippen molar-refractivity contribution in [1.29, 1.82) is 0 Å². The molecule has 0 unspecified atom stereocenters. The molecule has 3 rings (SSSR count). The van der Waals surface area contributed by atoms with Crippen LogP contribution in [-0.4, -0.2) is 11.1 Å². The Kier molecular flexibility index (Phi) is 3.74. The Bertz CT molecular complexity index is 786. The number of rotatable bonds is 3. The fourth-order valence-corrected chi connectivity index (χ4v) is 2.27. The van der Waals surface area contributed by atoms with Crippen LogP contribution in [0.3, 0.4) is 0 Å². The number of esters is 1. The van der Waals surface area contributed by atoms with Crippen LogP contribution in [0.1, 0.15) is 21.6 Å². The molecule has 4 heteroatoms. The monoisotopic (exact) mass is 293 g/mol. The van der Waals surface area contributed by atoms with Gasteiger partial charge in [-0.05, 0) is 38.1 Å². The van der Waals surface area contributed by atoms with E-state index in [1.54, 1.807) is 30.3 Å². The number of benzene rings is 2. The molecule has 2 aromatic carbocycles. The summed E-state index contributed by atoms with van der Waals surface area (Å²) in [5.41, 5.74) is 3.29.